The predicted molar refractivity (Wildman–Crippen MR) is 84.8 cm³/mol. The van der Waals surface area contributed by atoms with E-state index in [1.54, 1.807) is 0 Å². The predicted octanol–water partition coefficient (Wildman–Crippen LogP) is 4.32. The Kier molecular flexibility index (Phi) is 3.68. The van der Waals surface area contributed by atoms with Gasteiger partial charge in [0, 0.05) is 18.2 Å². The first-order valence-electron chi connectivity index (χ1n) is 7.91. The molecule has 3 nitrogen and oxygen atoms in total. The van der Waals surface area contributed by atoms with E-state index in [0.29, 0.717) is 5.92 Å². The minimum atomic E-state index is 0.451. The molecule has 0 radical (unpaired) electrons. The van der Waals surface area contributed by atoms with E-state index in [1.165, 1.54) is 43.4 Å². The number of nitrogens with zero attached hydrogens (tertiary/aromatic N) is 2. The number of hydrogen-bond acceptors (Lipinski definition) is 2. The van der Waals surface area contributed by atoms with Gasteiger partial charge in [-0.2, -0.15) is 0 Å². The zero-order chi connectivity index (χ0) is 14.1. The number of fused-ring (bicyclic) bond motifs is 1. The van der Waals surface area contributed by atoms with Crippen molar-refractivity contribution in [3.05, 3.63) is 24.0 Å². The Bertz CT molecular complexity index is 592. The minimum Gasteiger partial charge on any atom is -0.399 e. The molecule has 0 aliphatic heterocycles. The van der Waals surface area contributed by atoms with Crippen molar-refractivity contribution in [2.75, 3.05) is 5.73 Å². The maximum atomic E-state index is 5.89. The molecule has 1 heterocycles. The smallest absolute Gasteiger partial charge is 0.112 e. The van der Waals surface area contributed by atoms with Crippen LogP contribution in [0, 0.1) is 5.92 Å². The van der Waals surface area contributed by atoms with Crippen LogP contribution in [0.3, 0.4) is 0 Å². The van der Waals surface area contributed by atoms with Gasteiger partial charge in [-0.1, -0.05) is 33.1 Å². The van der Waals surface area contributed by atoms with E-state index in [0.717, 1.165) is 23.7 Å². The quantitative estimate of drug-likeness (QED) is 0.845. The molecular formula is C17H25N3. The van der Waals surface area contributed by atoms with Crippen LogP contribution in [0.4, 0.5) is 5.69 Å². The van der Waals surface area contributed by atoms with Gasteiger partial charge in [0.1, 0.15) is 5.82 Å². The first-order valence-corrected chi connectivity index (χ1v) is 7.91. The number of nitrogens with two attached hydrogens (primary N) is 1. The highest BCUT2D eigenvalue weighted by Gasteiger charge is 2.19. The molecule has 1 saturated carbocycles. The summed E-state index contributed by atoms with van der Waals surface area (Å²) in [7, 11) is 0. The maximum Gasteiger partial charge on any atom is 0.112 e. The number of imidazole rings is 1. The van der Waals surface area contributed by atoms with Crippen molar-refractivity contribution in [2.45, 2.75) is 58.4 Å². The Morgan fingerprint density at radius 1 is 1.25 bits per heavy atom. The van der Waals surface area contributed by atoms with Gasteiger partial charge in [0.05, 0.1) is 11.0 Å². The maximum absolute atomic E-state index is 5.89. The molecule has 3 heteroatoms. The van der Waals surface area contributed by atoms with Gasteiger partial charge in [-0.3, -0.25) is 0 Å². The number of nitrogen functional groups attached to an aromatic ring is 1. The molecule has 1 aliphatic rings. The summed E-state index contributed by atoms with van der Waals surface area (Å²) in [4.78, 5) is 4.82. The summed E-state index contributed by atoms with van der Waals surface area (Å²) in [5, 5.41) is 0. The molecule has 2 N–H and O–H groups in total. The molecule has 1 fully saturated rings. The van der Waals surface area contributed by atoms with Crippen molar-refractivity contribution in [1.82, 2.24) is 9.55 Å². The molecule has 2 aromatic rings. The lowest BCUT2D eigenvalue weighted by Gasteiger charge is -2.23. The molecule has 1 aromatic heterocycles. The van der Waals surface area contributed by atoms with Crippen LogP contribution < -0.4 is 5.73 Å². The molecule has 3 rings (SSSR count). The van der Waals surface area contributed by atoms with Gasteiger partial charge < -0.3 is 10.3 Å². The van der Waals surface area contributed by atoms with E-state index in [4.69, 9.17) is 10.7 Å². The lowest BCUT2D eigenvalue weighted by molar-refractivity contribution is 0.318. The monoisotopic (exact) mass is 271 g/mol. The summed E-state index contributed by atoms with van der Waals surface area (Å²) < 4.78 is 2.44. The number of aromatic nitrogens is 2. The topological polar surface area (TPSA) is 43.8 Å². The number of hydrogen-bond donors (Lipinski definition) is 1. The Labute approximate surface area is 121 Å². The van der Waals surface area contributed by atoms with Crippen molar-refractivity contribution in [1.29, 1.82) is 0 Å². The van der Waals surface area contributed by atoms with Crippen LogP contribution >= 0.6 is 0 Å². The Morgan fingerprint density at radius 3 is 2.70 bits per heavy atom. The third-order valence-corrected chi connectivity index (χ3v) is 4.48. The van der Waals surface area contributed by atoms with Gasteiger partial charge >= 0.3 is 0 Å². The average molecular weight is 271 g/mol. The van der Waals surface area contributed by atoms with E-state index < -0.39 is 0 Å². The van der Waals surface area contributed by atoms with Gasteiger partial charge in [-0.05, 0) is 37.0 Å². The third kappa shape index (κ3) is 2.54. The second-order valence-electron chi connectivity index (χ2n) is 6.49. The normalized spacial score (nSPS) is 17.1. The molecular weight excluding hydrogens is 246 g/mol. The van der Waals surface area contributed by atoms with Crippen LogP contribution in [0.1, 0.15) is 57.7 Å². The lowest BCUT2D eigenvalue weighted by atomic mass is 9.89. The van der Waals surface area contributed by atoms with Crippen LogP contribution in [0.25, 0.3) is 11.0 Å². The first kappa shape index (κ1) is 13.5. The van der Waals surface area contributed by atoms with Crippen LogP contribution in [0.2, 0.25) is 0 Å². The summed E-state index contributed by atoms with van der Waals surface area (Å²) in [6.07, 6.45) is 6.93. The molecule has 0 unspecified atom stereocenters. The van der Waals surface area contributed by atoms with Crippen LogP contribution in [0.15, 0.2) is 18.2 Å². The molecule has 20 heavy (non-hydrogen) atoms. The van der Waals surface area contributed by atoms with E-state index in [1.807, 2.05) is 12.1 Å². The fraction of sp³-hybridized carbons (Fsp3) is 0.588. The highest BCUT2D eigenvalue weighted by Crippen LogP contribution is 2.29. The molecule has 0 bridgehead atoms. The van der Waals surface area contributed by atoms with Crippen molar-refractivity contribution in [2.24, 2.45) is 5.92 Å². The van der Waals surface area contributed by atoms with Gasteiger partial charge in [0.15, 0.2) is 0 Å². The fourth-order valence-electron chi connectivity index (χ4n) is 3.43. The molecule has 0 spiro atoms. The zero-order valence-corrected chi connectivity index (χ0v) is 12.6. The van der Waals surface area contributed by atoms with E-state index in [-0.39, 0.29) is 0 Å². The Morgan fingerprint density at radius 2 is 2.00 bits per heavy atom. The SMILES string of the molecule is CC(C)c1nc2cc(N)ccc2n1CC1CCCCC1. The van der Waals surface area contributed by atoms with Gasteiger partial charge in [-0.15, -0.1) is 0 Å². The van der Waals surface area contributed by atoms with Crippen molar-refractivity contribution >= 4 is 16.7 Å². The van der Waals surface area contributed by atoms with Gasteiger partial charge in [-0.25, -0.2) is 4.98 Å². The van der Waals surface area contributed by atoms with Crippen molar-refractivity contribution in [3.63, 3.8) is 0 Å². The highest BCUT2D eigenvalue weighted by atomic mass is 15.1. The molecule has 1 aliphatic carbocycles. The summed E-state index contributed by atoms with van der Waals surface area (Å²) in [5.74, 6) is 2.47. The van der Waals surface area contributed by atoms with E-state index >= 15 is 0 Å². The number of anilines is 1. The molecule has 1 aromatic carbocycles. The number of rotatable bonds is 3. The summed E-state index contributed by atoms with van der Waals surface area (Å²) >= 11 is 0. The summed E-state index contributed by atoms with van der Waals surface area (Å²) in [6, 6.07) is 6.12. The highest BCUT2D eigenvalue weighted by molar-refractivity contribution is 5.79. The minimum absolute atomic E-state index is 0.451. The van der Waals surface area contributed by atoms with Crippen molar-refractivity contribution in [3.8, 4) is 0 Å². The summed E-state index contributed by atoms with van der Waals surface area (Å²) in [5.41, 5.74) is 8.99. The summed E-state index contributed by atoms with van der Waals surface area (Å²) in [6.45, 7) is 5.57. The van der Waals surface area contributed by atoms with Crippen LogP contribution in [-0.2, 0) is 6.54 Å². The Balaban J connectivity index is 1.99. The van der Waals surface area contributed by atoms with Crippen molar-refractivity contribution < 1.29 is 0 Å². The molecule has 108 valence electrons. The largest absolute Gasteiger partial charge is 0.399 e. The molecule has 0 amide bonds. The first-order chi connectivity index (χ1) is 9.65. The van der Waals surface area contributed by atoms with E-state index in [9.17, 15) is 0 Å². The lowest BCUT2D eigenvalue weighted by Crippen LogP contribution is -2.16. The zero-order valence-electron chi connectivity index (χ0n) is 12.6. The standard InChI is InChI=1S/C17H25N3/c1-12(2)17-19-15-10-14(18)8-9-16(15)20(17)11-13-6-4-3-5-7-13/h8-10,12-13H,3-7,11,18H2,1-2H3. The average Bonchev–Trinajstić information content (AvgIpc) is 2.78. The third-order valence-electron chi connectivity index (χ3n) is 4.48. The van der Waals surface area contributed by atoms with Crippen LogP contribution in [0.5, 0.6) is 0 Å². The second kappa shape index (κ2) is 5.47. The molecule has 0 atom stereocenters. The molecule has 0 saturated heterocycles. The van der Waals surface area contributed by atoms with Gasteiger partial charge in [0.25, 0.3) is 0 Å². The van der Waals surface area contributed by atoms with E-state index in [2.05, 4.69) is 24.5 Å². The van der Waals surface area contributed by atoms with Gasteiger partial charge in [0.2, 0.25) is 0 Å². The Hall–Kier alpha value is -1.51. The second-order valence-corrected chi connectivity index (χ2v) is 6.49. The van der Waals surface area contributed by atoms with Crippen LogP contribution in [-0.4, -0.2) is 9.55 Å². The fourth-order valence-corrected chi connectivity index (χ4v) is 3.43. The number of benzene rings is 1.